The normalized spacial score (nSPS) is 23.7. The fourth-order valence-electron chi connectivity index (χ4n) is 8.54. The van der Waals surface area contributed by atoms with E-state index in [0.717, 1.165) is 0 Å². The Morgan fingerprint density at radius 1 is 0.486 bits per heavy atom. The van der Waals surface area contributed by atoms with Gasteiger partial charge in [0.15, 0.2) is 0 Å². The molecule has 2 aromatic carbocycles. The van der Waals surface area contributed by atoms with Gasteiger partial charge in [0.2, 0.25) is 0 Å². The Morgan fingerprint density at radius 3 is 1.03 bits per heavy atom. The van der Waals surface area contributed by atoms with Crippen molar-refractivity contribution in [2.75, 3.05) is 0 Å². The van der Waals surface area contributed by atoms with Gasteiger partial charge in [-0.3, -0.25) is 0 Å². The molecular formula is C34H46Cl2Zr. The first kappa shape index (κ1) is 29.2. The fraction of sp³-hybridized carbons (Fsp3) is 0.500. The van der Waals surface area contributed by atoms with Crippen LogP contribution in [0.5, 0.6) is 0 Å². The Morgan fingerprint density at radius 2 is 0.757 bits per heavy atom. The third-order valence-corrected chi connectivity index (χ3v) is 38.2. The van der Waals surface area contributed by atoms with Crippen molar-refractivity contribution in [3.63, 3.8) is 0 Å². The van der Waals surface area contributed by atoms with Gasteiger partial charge in [0.05, 0.1) is 0 Å². The average Bonchev–Trinajstić information content (AvgIpc) is 3.20. The summed E-state index contributed by atoms with van der Waals surface area (Å²) in [4.78, 5) is 0. The zero-order valence-corrected chi connectivity index (χ0v) is 29.8. The number of rotatable bonds is 2. The second-order valence-electron chi connectivity index (χ2n) is 12.6. The van der Waals surface area contributed by atoms with Gasteiger partial charge in [-0.15, -0.1) is 0 Å². The van der Waals surface area contributed by atoms with Crippen molar-refractivity contribution in [2.45, 2.75) is 110 Å². The molecule has 2 aliphatic rings. The molecule has 2 atom stereocenters. The molecule has 0 aliphatic heterocycles. The maximum absolute atomic E-state index is 8.53. The van der Waals surface area contributed by atoms with Crippen LogP contribution in [0.2, 0.25) is 0 Å². The first-order valence-electron chi connectivity index (χ1n) is 13.7. The monoisotopic (exact) mass is 614 g/mol. The van der Waals surface area contributed by atoms with Gasteiger partial charge in [0.1, 0.15) is 0 Å². The van der Waals surface area contributed by atoms with E-state index in [9.17, 15) is 0 Å². The van der Waals surface area contributed by atoms with Crippen LogP contribution in [0, 0.1) is 55.4 Å². The maximum atomic E-state index is 8.53. The predicted octanol–water partition coefficient (Wildman–Crippen LogP) is 10.7. The van der Waals surface area contributed by atoms with Crippen LogP contribution in [0.3, 0.4) is 0 Å². The summed E-state index contributed by atoms with van der Waals surface area (Å²) in [6.45, 7) is 34.4. The van der Waals surface area contributed by atoms with E-state index in [2.05, 4.69) is 108 Å². The SMILES string of the molecule is C[CH]=[Zr]([Cl])([Cl])([C]1(C)C(C)=C(C)c2c(C)c(C)c(C)c(C)c21)[C]1(C)C(C)=C(C)c2c(C)c(C)c(C)c(C)c21. The minimum atomic E-state index is -5.12. The van der Waals surface area contributed by atoms with Gasteiger partial charge in [0.25, 0.3) is 0 Å². The summed E-state index contributed by atoms with van der Waals surface area (Å²) >= 11 is -5.12. The van der Waals surface area contributed by atoms with Gasteiger partial charge in [-0.1, -0.05) is 0 Å². The Kier molecular flexibility index (Phi) is 6.62. The number of halogens is 2. The predicted molar refractivity (Wildman–Crippen MR) is 165 cm³/mol. The molecule has 0 amide bonds. The topological polar surface area (TPSA) is 0 Å². The molecule has 0 aromatic heterocycles. The van der Waals surface area contributed by atoms with Crippen LogP contribution in [0.25, 0.3) is 11.1 Å². The summed E-state index contributed by atoms with van der Waals surface area (Å²) in [5.41, 5.74) is 21.9. The zero-order valence-electron chi connectivity index (χ0n) is 25.8. The van der Waals surface area contributed by atoms with Crippen molar-refractivity contribution in [3.05, 3.63) is 77.9 Å². The van der Waals surface area contributed by atoms with Crippen molar-refractivity contribution >= 4 is 31.9 Å². The molecule has 0 saturated carbocycles. The van der Waals surface area contributed by atoms with Crippen LogP contribution in [0.15, 0.2) is 11.1 Å². The third kappa shape index (κ3) is 2.93. The summed E-state index contributed by atoms with van der Waals surface area (Å²) in [5.74, 6) is 0. The van der Waals surface area contributed by atoms with E-state index in [-0.39, 0.29) is 0 Å². The summed E-state index contributed by atoms with van der Waals surface area (Å²) in [6.07, 6.45) is 0. The number of fused-ring (bicyclic) bond motifs is 2. The molecule has 0 nitrogen and oxygen atoms in total. The van der Waals surface area contributed by atoms with Crippen molar-refractivity contribution in [1.29, 1.82) is 0 Å². The van der Waals surface area contributed by atoms with Crippen LogP contribution in [0.4, 0.5) is 0 Å². The van der Waals surface area contributed by atoms with Gasteiger partial charge >= 0.3 is 236 Å². The number of hydrogen-bond acceptors (Lipinski definition) is 0. The van der Waals surface area contributed by atoms with E-state index >= 15 is 0 Å². The molecular weight excluding hydrogens is 571 g/mol. The first-order chi connectivity index (χ1) is 16.8. The van der Waals surface area contributed by atoms with E-state index in [0.29, 0.717) is 0 Å². The molecule has 0 saturated heterocycles. The molecule has 3 heteroatoms. The average molecular weight is 617 g/mol. The van der Waals surface area contributed by atoms with Gasteiger partial charge < -0.3 is 0 Å². The fourth-order valence-corrected chi connectivity index (χ4v) is 27.5. The summed E-state index contributed by atoms with van der Waals surface area (Å²) in [6, 6.07) is 0. The van der Waals surface area contributed by atoms with Crippen LogP contribution >= 0.6 is 17.0 Å². The molecule has 37 heavy (non-hydrogen) atoms. The van der Waals surface area contributed by atoms with E-state index in [1.165, 1.54) is 89.1 Å². The van der Waals surface area contributed by atoms with E-state index in [1.54, 1.807) is 0 Å². The molecule has 0 heterocycles. The Hall–Kier alpha value is -0.747. The third-order valence-electron chi connectivity index (χ3n) is 12.1. The van der Waals surface area contributed by atoms with Crippen LogP contribution in [0.1, 0.15) is 115 Å². The van der Waals surface area contributed by atoms with Gasteiger partial charge in [-0.05, 0) is 0 Å². The molecule has 0 N–H and O–H groups in total. The molecule has 200 valence electrons. The Bertz CT molecular complexity index is 1460. The molecule has 0 spiro atoms. The number of allylic oxidation sites excluding steroid dienone is 4. The van der Waals surface area contributed by atoms with Gasteiger partial charge in [-0.25, -0.2) is 0 Å². The quantitative estimate of drug-likeness (QED) is 0.315. The van der Waals surface area contributed by atoms with Gasteiger partial charge in [0, 0.05) is 0 Å². The van der Waals surface area contributed by atoms with E-state index in [1.807, 2.05) is 0 Å². The first-order valence-corrected chi connectivity index (χ1v) is 24.0. The van der Waals surface area contributed by atoms with Crippen molar-refractivity contribution in [2.24, 2.45) is 0 Å². The number of benzene rings is 2. The Labute approximate surface area is 234 Å². The molecule has 0 fully saturated rings. The van der Waals surface area contributed by atoms with Crippen molar-refractivity contribution in [1.82, 2.24) is 0 Å². The number of hydrogen-bond donors (Lipinski definition) is 0. The molecule has 2 aromatic rings. The Balaban J connectivity index is 2.31. The van der Waals surface area contributed by atoms with Crippen molar-refractivity contribution < 1.29 is 15.9 Å². The standard InChI is InChI=1S/2C16H21.C2H4.2ClH.Zr/c2*1-8-9(2)12(5)16-14(7)10(3)13(6)15(16)11(8)4;1-2;;;/h2*1-7H3;1H,2H3;2*1H;/q;;;;;+2/p-2. The van der Waals surface area contributed by atoms with Crippen molar-refractivity contribution in [3.8, 4) is 0 Å². The zero-order chi connectivity index (χ0) is 28.4. The van der Waals surface area contributed by atoms with E-state index in [4.69, 9.17) is 17.0 Å². The molecule has 0 bridgehead atoms. The minimum absolute atomic E-state index is 0.442. The second kappa shape index (κ2) is 8.38. The molecule has 2 aliphatic carbocycles. The van der Waals surface area contributed by atoms with Crippen LogP contribution in [-0.2, 0) is 22.2 Å². The van der Waals surface area contributed by atoms with Gasteiger partial charge in [-0.2, -0.15) is 0 Å². The van der Waals surface area contributed by atoms with Crippen LogP contribution in [-0.4, -0.2) is 3.71 Å². The molecule has 4 rings (SSSR count). The summed E-state index contributed by atoms with van der Waals surface area (Å²) in [5, 5.41) is 0. The van der Waals surface area contributed by atoms with Crippen LogP contribution < -0.4 is 0 Å². The van der Waals surface area contributed by atoms with E-state index < -0.39 is 22.2 Å². The summed E-state index contributed by atoms with van der Waals surface area (Å²) in [7, 11) is 17.1. The molecule has 2 unspecified atom stereocenters. The second-order valence-corrected chi connectivity index (χ2v) is 34.7. The molecule has 0 radical (unpaired) electrons. The summed E-state index contributed by atoms with van der Waals surface area (Å²) < 4.78 is 1.45.